The third kappa shape index (κ3) is 3.08. The lowest BCUT2D eigenvalue weighted by Crippen LogP contribution is -2.23. The van der Waals surface area contributed by atoms with Crippen LogP contribution in [0.3, 0.4) is 0 Å². The van der Waals surface area contributed by atoms with E-state index in [1.54, 1.807) is 0 Å². The minimum absolute atomic E-state index is 0.397. The van der Waals surface area contributed by atoms with Gasteiger partial charge in [0.05, 0.1) is 0 Å². The number of carbonyl (C=O) groups excluding carboxylic acids is 1. The van der Waals surface area contributed by atoms with Crippen molar-refractivity contribution in [3.63, 3.8) is 0 Å². The van der Waals surface area contributed by atoms with Gasteiger partial charge in [0.15, 0.2) is 5.78 Å². The van der Waals surface area contributed by atoms with Crippen molar-refractivity contribution in [2.24, 2.45) is 5.41 Å². The van der Waals surface area contributed by atoms with E-state index in [0.29, 0.717) is 17.6 Å². The maximum absolute atomic E-state index is 12.1. The highest BCUT2D eigenvalue weighted by atomic mass is 16.1. The summed E-state index contributed by atoms with van der Waals surface area (Å²) < 4.78 is 0. The number of carbonyl (C=O) groups is 1. The van der Waals surface area contributed by atoms with Crippen LogP contribution in [-0.4, -0.2) is 5.78 Å². The number of hydrogen-bond acceptors (Lipinski definition) is 1. The Morgan fingerprint density at radius 2 is 2.12 bits per heavy atom. The average Bonchev–Trinajstić information content (AvgIpc) is 2.77. The quantitative estimate of drug-likeness (QED) is 0.648. The van der Waals surface area contributed by atoms with E-state index in [2.05, 4.69) is 12.2 Å². The van der Waals surface area contributed by atoms with Gasteiger partial charge in [-0.15, -0.1) is 0 Å². The van der Waals surface area contributed by atoms with Gasteiger partial charge in [-0.05, 0) is 56.4 Å². The van der Waals surface area contributed by atoms with Crippen LogP contribution in [0.25, 0.3) is 0 Å². The molecule has 1 heteroatoms. The first-order chi connectivity index (χ1) is 8.26. The van der Waals surface area contributed by atoms with Crippen molar-refractivity contribution < 1.29 is 4.79 Å². The molecule has 1 spiro atoms. The molecular formula is C16H24O. The molecule has 94 valence electrons. The first-order valence-electron chi connectivity index (χ1n) is 7.09. The second-order valence-electron chi connectivity index (χ2n) is 5.68. The predicted molar refractivity (Wildman–Crippen MR) is 71.9 cm³/mol. The molecule has 17 heavy (non-hydrogen) atoms. The number of rotatable bonds is 4. The van der Waals surface area contributed by atoms with E-state index in [1.807, 2.05) is 13.0 Å². The Morgan fingerprint density at radius 1 is 1.35 bits per heavy atom. The van der Waals surface area contributed by atoms with Gasteiger partial charge in [-0.2, -0.15) is 0 Å². The van der Waals surface area contributed by atoms with Crippen LogP contribution in [0.1, 0.15) is 64.7 Å². The highest BCUT2D eigenvalue weighted by Gasteiger charge is 2.36. The van der Waals surface area contributed by atoms with Crippen molar-refractivity contribution in [3.8, 4) is 0 Å². The first-order valence-corrected chi connectivity index (χ1v) is 7.09. The van der Waals surface area contributed by atoms with E-state index in [0.717, 1.165) is 24.8 Å². The van der Waals surface area contributed by atoms with Crippen LogP contribution in [0.15, 0.2) is 23.8 Å². The Kier molecular flexibility index (Phi) is 4.20. The lowest BCUT2D eigenvalue weighted by molar-refractivity contribution is -0.116. The summed E-state index contributed by atoms with van der Waals surface area (Å²) in [4.78, 5) is 12.1. The molecular weight excluding hydrogens is 208 g/mol. The minimum Gasteiger partial charge on any atom is -0.295 e. The lowest BCUT2D eigenvalue weighted by Gasteiger charge is -2.33. The molecule has 0 radical (unpaired) electrons. The fourth-order valence-electron chi connectivity index (χ4n) is 3.42. The average molecular weight is 232 g/mol. The zero-order chi connectivity index (χ0) is 12.1. The molecule has 0 atom stereocenters. The number of Topliss-reactive ketones (excluding diaryl/α,β-unsaturated/α-hetero) is 1. The second kappa shape index (κ2) is 5.66. The molecule has 0 saturated heterocycles. The van der Waals surface area contributed by atoms with Crippen molar-refractivity contribution in [2.75, 3.05) is 0 Å². The van der Waals surface area contributed by atoms with Crippen molar-refractivity contribution in [2.45, 2.75) is 64.7 Å². The standard InChI is InChI=1S/C16H24O/c1-2-3-4-9-15(17)14-8-7-12-16(13-14)10-5-6-11-16/h2-3,8H,4-7,9-13H2,1H3. The predicted octanol–water partition coefficient (Wildman–Crippen LogP) is 4.58. The Hall–Kier alpha value is -0.850. The van der Waals surface area contributed by atoms with E-state index in [-0.39, 0.29) is 0 Å². The molecule has 0 aromatic rings. The zero-order valence-corrected chi connectivity index (χ0v) is 11.0. The van der Waals surface area contributed by atoms with Crippen LogP contribution >= 0.6 is 0 Å². The highest BCUT2D eigenvalue weighted by molar-refractivity contribution is 5.95. The molecule has 1 nitrogen and oxygen atoms in total. The largest absolute Gasteiger partial charge is 0.295 e. The van der Waals surface area contributed by atoms with Crippen LogP contribution in [0.5, 0.6) is 0 Å². The molecule has 0 aromatic heterocycles. The Morgan fingerprint density at radius 3 is 2.82 bits per heavy atom. The van der Waals surface area contributed by atoms with E-state index in [9.17, 15) is 4.79 Å². The summed E-state index contributed by atoms with van der Waals surface area (Å²) in [6.07, 6.45) is 16.9. The lowest BCUT2D eigenvalue weighted by atomic mass is 9.72. The number of allylic oxidation sites excluding steroid dienone is 4. The summed E-state index contributed by atoms with van der Waals surface area (Å²) in [7, 11) is 0. The molecule has 0 heterocycles. The summed E-state index contributed by atoms with van der Waals surface area (Å²) in [5, 5.41) is 0. The highest BCUT2D eigenvalue weighted by Crippen LogP contribution is 2.49. The van der Waals surface area contributed by atoms with Crippen LogP contribution in [0.2, 0.25) is 0 Å². The summed E-state index contributed by atoms with van der Waals surface area (Å²) in [5.74, 6) is 0.397. The molecule has 1 saturated carbocycles. The normalized spacial score (nSPS) is 23.2. The van der Waals surface area contributed by atoms with Crippen molar-refractivity contribution in [1.29, 1.82) is 0 Å². The molecule has 0 N–H and O–H groups in total. The smallest absolute Gasteiger partial charge is 0.158 e. The summed E-state index contributed by atoms with van der Waals surface area (Å²) in [5.41, 5.74) is 1.66. The van der Waals surface area contributed by atoms with Crippen molar-refractivity contribution in [3.05, 3.63) is 23.8 Å². The number of ketones is 1. The molecule has 0 bridgehead atoms. The SMILES string of the molecule is CC=CCCC(=O)C1=CCCC2(CCCC2)C1. The summed E-state index contributed by atoms with van der Waals surface area (Å²) in [6, 6.07) is 0. The fraction of sp³-hybridized carbons (Fsp3) is 0.688. The fourth-order valence-corrected chi connectivity index (χ4v) is 3.42. The topological polar surface area (TPSA) is 17.1 Å². The maximum atomic E-state index is 12.1. The second-order valence-corrected chi connectivity index (χ2v) is 5.68. The van der Waals surface area contributed by atoms with Gasteiger partial charge in [0.2, 0.25) is 0 Å². The van der Waals surface area contributed by atoms with Crippen molar-refractivity contribution >= 4 is 5.78 Å². The zero-order valence-electron chi connectivity index (χ0n) is 11.0. The molecule has 0 amide bonds. The van der Waals surface area contributed by atoms with Gasteiger partial charge in [-0.1, -0.05) is 31.1 Å². The van der Waals surface area contributed by atoms with Gasteiger partial charge in [0, 0.05) is 6.42 Å². The van der Waals surface area contributed by atoms with Gasteiger partial charge in [0.25, 0.3) is 0 Å². The Balaban J connectivity index is 1.92. The third-order valence-electron chi connectivity index (χ3n) is 4.43. The first kappa shape index (κ1) is 12.6. The van der Waals surface area contributed by atoms with Gasteiger partial charge >= 0.3 is 0 Å². The third-order valence-corrected chi connectivity index (χ3v) is 4.43. The van der Waals surface area contributed by atoms with Crippen molar-refractivity contribution in [1.82, 2.24) is 0 Å². The van der Waals surface area contributed by atoms with E-state index >= 15 is 0 Å². The molecule has 1 fully saturated rings. The molecule has 2 aliphatic rings. The van der Waals surface area contributed by atoms with E-state index in [1.165, 1.54) is 32.1 Å². The minimum atomic E-state index is 0.397. The van der Waals surface area contributed by atoms with Crippen LogP contribution < -0.4 is 0 Å². The number of hydrogen-bond donors (Lipinski definition) is 0. The van der Waals surface area contributed by atoms with Crippen LogP contribution in [0, 0.1) is 5.41 Å². The Labute approximate surface area is 105 Å². The maximum Gasteiger partial charge on any atom is 0.158 e. The molecule has 0 aliphatic heterocycles. The summed E-state index contributed by atoms with van der Waals surface area (Å²) >= 11 is 0. The van der Waals surface area contributed by atoms with Gasteiger partial charge in [-0.25, -0.2) is 0 Å². The van der Waals surface area contributed by atoms with E-state index in [4.69, 9.17) is 0 Å². The molecule has 0 aromatic carbocycles. The van der Waals surface area contributed by atoms with E-state index < -0.39 is 0 Å². The van der Waals surface area contributed by atoms with Crippen LogP contribution in [-0.2, 0) is 4.79 Å². The Bertz CT molecular complexity index is 329. The van der Waals surface area contributed by atoms with Gasteiger partial charge in [-0.3, -0.25) is 4.79 Å². The van der Waals surface area contributed by atoms with Crippen LogP contribution in [0.4, 0.5) is 0 Å². The molecule has 2 aliphatic carbocycles. The monoisotopic (exact) mass is 232 g/mol. The van der Waals surface area contributed by atoms with Gasteiger partial charge < -0.3 is 0 Å². The summed E-state index contributed by atoms with van der Waals surface area (Å²) in [6.45, 7) is 2.01. The molecule has 2 rings (SSSR count). The molecule has 0 unspecified atom stereocenters. The van der Waals surface area contributed by atoms with Gasteiger partial charge in [0.1, 0.15) is 0 Å².